The fourth-order valence-electron chi connectivity index (χ4n) is 2.99. The number of rotatable bonds is 6. The standard InChI is InChI=1S/C11H20N4O2S3/c1-11-8(13(2-5-18)9(16)12-11)14(3-6-19)10(17)15(11)4-7-20/h8,18-20H,2-7H2,1H3,(H,12,16). The lowest BCUT2D eigenvalue weighted by Gasteiger charge is -2.33. The van der Waals surface area contributed by atoms with Crippen LogP contribution in [0, 0.1) is 0 Å². The lowest BCUT2D eigenvalue weighted by molar-refractivity contribution is 0.102. The van der Waals surface area contributed by atoms with Gasteiger partial charge in [0, 0.05) is 36.9 Å². The Kier molecular flexibility index (Phi) is 4.91. The van der Waals surface area contributed by atoms with Gasteiger partial charge in [0.05, 0.1) is 0 Å². The summed E-state index contributed by atoms with van der Waals surface area (Å²) in [5, 5.41) is 2.94. The minimum Gasteiger partial charge on any atom is -0.311 e. The van der Waals surface area contributed by atoms with Crippen molar-refractivity contribution >= 4 is 49.9 Å². The van der Waals surface area contributed by atoms with Crippen LogP contribution in [-0.4, -0.2) is 75.5 Å². The fraction of sp³-hybridized carbons (Fsp3) is 0.818. The zero-order valence-corrected chi connectivity index (χ0v) is 14.0. The van der Waals surface area contributed by atoms with E-state index in [1.54, 1.807) is 14.7 Å². The third kappa shape index (κ3) is 2.33. The van der Waals surface area contributed by atoms with Gasteiger partial charge in [-0.15, -0.1) is 0 Å². The van der Waals surface area contributed by atoms with E-state index in [0.29, 0.717) is 36.9 Å². The lowest BCUT2D eigenvalue weighted by atomic mass is 10.1. The molecule has 4 amide bonds. The van der Waals surface area contributed by atoms with E-state index in [2.05, 4.69) is 43.2 Å². The molecule has 20 heavy (non-hydrogen) atoms. The fourth-order valence-corrected chi connectivity index (χ4v) is 3.62. The summed E-state index contributed by atoms with van der Waals surface area (Å²) in [5.74, 6) is 1.65. The molecule has 0 radical (unpaired) electrons. The van der Waals surface area contributed by atoms with Gasteiger partial charge < -0.3 is 5.32 Å². The molecule has 2 atom stereocenters. The molecule has 0 bridgehead atoms. The minimum atomic E-state index is -0.719. The van der Waals surface area contributed by atoms with Crippen LogP contribution in [0.15, 0.2) is 0 Å². The summed E-state index contributed by atoms with van der Waals surface area (Å²) >= 11 is 12.6. The first-order valence-corrected chi connectivity index (χ1v) is 8.40. The Balaban J connectivity index is 2.36. The summed E-state index contributed by atoms with van der Waals surface area (Å²) in [6.45, 7) is 3.38. The maximum Gasteiger partial charge on any atom is 0.323 e. The Hall–Kier alpha value is -0.410. The van der Waals surface area contributed by atoms with E-state index in [-0.39, 0.29) is 18.2 Å². The summed E-state index contributed by atoms with van der Waals surface area (Å²) in [4.78, 5) is 29.8. The molecule has 9 heteroatoms. The molecule has 2 unspecified atom stereocenters. The number of carbonyl (C=O) groups is 2. The molecule has 2 heterocycles. The van der Waals surface area contributed by atoms with E-state index in [0.717, 1.165) is 0 Å². The summed E-state index contributed by atoms with van der Waals surface area (Å²) in [6, 6.07) is -0.239. The zero-order chi connectivity index (χ0) is 14.9. The van der Waals surface area contributed by atoms with Gasteiger partial charge in [-0.05, 0) is 6.92 Å². The predicted octanol–water partition coefficient (Wildman–Crippen LogP) is 0.581. The monoisotopic (exact) mass is 336 g/mol. The first-order chi connectivity index (χ1) is 9.51. The van der Waals surface area contributed by atoms with E-state index >= 15 is 0 Å². The number of carbonyl (C=O) groups excluding carboxylic acids is 2. The SMILES string of the molecule is CC12NC(=O)N(CCS)C1N(CCS)C(=O)N2CCS. The molecule has 2 fully saturated rings. The number of fused-ring (bicyclic) bond motifs is 1. The Morgan fingerprint density at radius 3 is 2.15 bits per heavy atom. The Labute approximate surface area is 135 Å². The molecule has 0 aromatic heterocycles. The van der Waals surface area contributed by atoms with Crippen molar-refractivity contribution in [2.45, 2.75) is 18.8 Å². The molecule has 1 N–H and O–H groups in total. The van der Waals surface area contributed by atoms with Crippen LogP contribution >= 0.6 is 37.9 Å². The van der Waals surface area contributed by atoms with Gasteiger partial charge in [0.25, 0.3) is 0 Å². The van der Waals surface area contributed by atoms with Crippen molar-refractivity contribution in [2.24, 2.45) is 0 Å². The smallest absolute Gasteiger partial charge is 0.311 e. The van der Waals surface area contributed by atoms with Gasteiger partial charge in [-0.1, -0.05) is 0 Å². The van der Waals surface area contributed by atoms with E-state index < -0.39 is 5.66 Å². The van der Waals surface area contributed by atoms with Crippen molar-refractivity contribution in [2.75, 3.05) is 36.9 Å². The number of urea groups is 2. The highest BCUT2D eigenvalue weighted by Crippen LogP contribution is 2.37. The van der Waals surface area contributed by atoms with Crippen LogP contribution in [-0.2, 0) is 0 Å². The van der Waals surface area contributed by atoms with Crippen LogP contribution in [0.4, 0.5) is 9.59 Å². The number of nitrogens with zero attached hydrogens (tertiary/aromatic N) is 3. The van der Waals surface area contributed by atoms with E-state index in [1.165, 1.54) is 0 Å². The summed E-state index contributed by atoms with van der Waals surface area (Å²) < 4.78 is 0. The van der Waals surface area contributed by atoms with Crippen molar-refractivity contribution in [3.63, 3.8) is 0 Å². The van der Waals surface area contributed by atoms with Crippen LogP contribution in [0.1, 0.15) is 6.92 Å². The van der Waals surface area contributed by atoms with Gasteiger partial charge in [-0.3, -0.25) is 14.7 Å². The molecule has 114 valence electrons. The average molecular weight is 337 g/mol. The van der Waals surface area contributed by atoms with Gasteiger partial charge in [-0.2, -0.15) is 37.9 Å². The number of nitrogens with one attached hydrogen (secondary N) is 1. The third-order valence-electron chi connectivity index (χ3n) is 3.76. The van der Waals surface area contributed by atoms with Gasteiger partial charge in [-0.25, -0.2) is 9.59 Å². The summed E-state index contributed by atoms with van der Waals surface area (Å²) in [7, 11) is 0. The predicted molar refractivity (Wildman–Crippen MR) is 87.8 cm³/mol. The second-order valence-corrected chi connectivity index (χ2v) is 6.28. The first kappa shape index (κ1) is 16.0. The van der Waals surface area contributed by atoms with Crippen molar-refractivity contribution in [3.05, 3.63) is 0 Å². The molecular weight excluding hydrogens is 316 g/mol. The average Bonchev–Trinajstić information content (AvgIpc) is 2.75. The number of amides is 4. The van der Waals surface area contributed by atoms with Crippen LogP contribution in [0.2, 0.25) is 0 Å². The molecule has 0 saturated carbocycles. The zero-order valence-electron chi connectivity index (χ0n) is 11.3. The maximum absolute atomic E-state index is 12.5. The molecule has 0 aliphatic carbocycles. The molecule has 2 aliphatic heterocycles. The Bertz CT molecular complexity index is 411. The highest BCUT2D eigenvalue weighted by Gasteiger charge is 2.62. The van der Waals surface area contributed by atoms with E-state index in [4.69, 9.17) is 0 Å². The number of hydrogen-bond donors (Lipinski definition) is 4. The van der Waals surface area contributed by atoms with Crippen molar-refractivity contribution in [3.8, 4) is 0 Å². The second-order valence-electron chi connectivity index (χ2n) is 4.94. The third-order valence-corrected chi connectivity index (χ3v) is 4.36. The Morgan fingerprint density at radius 1 is 1.05 bits per heavy atom. The van der Waals surface area contributed by atoms with E-state index in [1.807, 2.05) is 6.92 Å². The topological polar surface area (TPSA) is 55.9 Å². The highest BCUT2D eigenvalue weighted by atomic mass is 32.1. The number of hydrogen-bond acceptors (Lipinski definition) is 5. The molecular formula is C11H20N4O2S3. The molecule has 0 spiro atoms. The van der Waals surface area contributed by atoms with Gasteiger partial charge >= 0.3 is 12.1 Å². The first-order valence-electron chi connectivity index (χ1n) is 6.51. The molecule has 0 aromatic carbocycles. The van der Waals surface area contributed by atoms with Crippen LogP contribution in [0.25, 0.3) is 0 Å². The normalized spacial score (nSPS) is 29.2. The summed E-state index contributed by atoms with van der Waals surface area (Å²) in [6.07, 6.45) is -0.318. The van der Waals surface area contributed by atoms with E-state index in [9.17, 15) is 9.59 Å². The number of thiol groups is 3. The molecule has 0 aromatic rings. The van der Waals surface area contributed by atoms with Crippen LogP contribution in [0.3, 0.4) is 0 Å². The molecule has 2 rings (SSSR count). The minimum absolute atomic E-state index is 0.0789. The van der Waals surface area contributed by atoms with Gasteiger partial charge in [0.1, 0.15) is 0 Å². The maximum atomic E-state index is 12.5. The molecule has 2 aliphatic rings. The van der Waals surface area contributed by atoms with Crippen LogP contribution in [0.5, 0.6) is 0 Å². The van der Waals surface area contributed by atoms with Crippen molar-refractivity contribution in [1.82, 2.24) is 20.0 Å². The van der Waals surface area contributed by atoms with Crippen molar-refractivity contribution in [1.29, 1.82) is 0 Å². The highest BCUT2D eigenvalue weighted by molar-refractivity contribution is 7.80. The van der Waals surface area contributed by atoms with Gasteiger partial charge in [0.15, 0.2) is 11.8 Å². The quantitative estimate of drug-likeness (QED) is 0.537. The van der Waals surface area contributed by atoms with Crippen LogP contribution < -0.4 is 5.32 Å². The lowest BCUT2D eigenvalue weighted by Crippen LogP contribution is -2.56. The molecule has 6 nitrogen and oxygen atoms in total. The largest absolute Gasteiger partial charge is 0.323 e. The second kappa shape index (κ2) is 6.15. The Morgan fingerprint density at radius 2 is 1.60 bits per heavy atom. The van der Waals surface area contributed by atoms with Crippen molar-refractivity contribution < 1.29 is 9.59 Å². The van der Waals surface area contributed by atoms with Gasteiger partial charge in [0.2, 0.25) is 0 Å². The molecule has 2 saturated heterocycles. The summed E-state index contributed by atoms with van der Waals surface area (Å²) in [5.41, 5.74) is -0.719.